The van der Waals surface area contributed by atoms with Gasteiger partial charge >= 0.3 is 12.1 Å². The fraction of sp³-hybridized carbons (Fsp3) is 0.286. The standard InChI is InChI=1S/C21H23N3O6/c1-12(25)16-11-15-18(29-17(26)7-4-8-22)13-5-2-3-6-14(13)19(20(15)28-16)30-21(27)24-10-9-23/h2-3,5-6,11H,4,7-10,22-23H2,1H3,(H,24,27). The van der Waals surface area contributed by atoms with E-state index in [0.717, 1.165) is 0 Å². The van der Waals surface area contributed by atoms with Gasteiger partial charge in [-0.15, -0.1) is 0 Å². The summed E-state index contributed by atoms with van der Waals surface area (Å²) in [5.74, 6) is -0.397. The number of Topliss-reactive ketones (excluding diaryl/α,β-unsaturated/α-hetero) is 1. The number of rotatable bonds is 8. The molecule has 3 aromatic rings. The predicted molar refractivity (Wildman–Crippen MR) is 111 cm³/mol. The maximum absolute atomic E-state index is 12.3. The SMILES string of the molecule is CC(=O)c1cc2c(OC(=O)CCCN)c3ccccc3c(OC(=O)NCCN)c2o1. The average molecular weight is 413 g/mol. The van der Waals surface area contributed by atoms with E-state index in [-0.39, 0.29) is 48.1 Å². The Balaban J connectivity index is 2.20. The Kier molecular flexibility index (Phi) is 6.65. The molecule has 0 saturated carbocycles. The molecule has 0 radical (unpaired) electrons. The molecule has 1 aromatic heterocycles. The molecule has 2 aromatic carbocycles. The number of carbonyl (C=O) groups excluding carboxylic acids is 3. The number of ether oxygens (including phenoxy) is 2. The van der Waals surface area contributed by atoms with E-state index in [0.29, 0.717) is 29.1 Å². The minimum absolute atomic E-state index is 0.0479. The van der Waals surface area contributed by atoms with E-state index in [9.17, 15) is 14.4 Å². The molecule has 0 saturated heterocycles. The highest BCUT2D eigenvalue weighted by Gasteiger charge is 2.24. The van der Waals surface area contributed by atoms with E-state index >= 15 is 0 Å². The average Bonchev–Trinajstić information content (AvgIpc) is 3.18. The smallest absolute Gasteiger partial charge is 0.412 e. The number of ketones is 1. The zero-order valence-corrected chi connectivity index (χ0v) is 16.5. The number of nitrogens with one attached hydrogen (secondary N) is 1. The van der Waals surface area contributed by atoms with Crippen LogP contribution in [0.25, 0.3) is 21.7 Å². The highest BCUT2D eigenvalue weighted by Crippen LogP contribution is 2.44. The molecule has 1 heterocycles. The third-order valence-corrected chi connectivity index (χ3v) is 4.36. The number of furan rings is 1. The first-order valence-corrected chi connectivity index (χ1v) is 9.52. The van der Waals surface area contributed by atoms with Crippen molar-refractivity contribution in [3.8, 4) is 11.5 Å². The van der Waals surface area contributed by atoms with Gasteiger partial charge in [-0.3, -0.25) is 9.59 Å². The molecule has 158 valence electrons. The molecule has 0 fully saturated rings. The van der Waals surface area contributed by atoms with Gasteiger partial charge in [0.15, 0.2) is 22.9 Å². The van der Waals surface area contributed by atoms with Gasteiger partial charge in [0.1, 0.15) is 5.75 Å². The second-order valence-electron chi connectivity index (χ2n) is 6.58. The van der Waals surface area contributed by atoms with Crippen molar-refractivity contribution in [1.29, 1.82) is 0 Å². The topological polar surface area (TPSA) is 147 Å². The van der Waals surface area contributed by atoms with Crippen LogP contribution in [0.2, 0.25) is 0 Å². The van der Waals surface area contributed by atoms with Crippen molar-refractivity contribution in [3.63, 3.8) is 0 Å². The summed E-state index contributed by atoms with van der Waals surface area (Å²) in [5.41, 5.74) is 11.0. The van der Waals surface area contributed by atoms with Gasteiger partial charge in [-0.25, -0.2) is 4.79 Å². The number of carbonyl (C=O) groups is 3. The maximum atomic E-state index is 12.3. The first kappa shape index (κ1) is 21.3. The van der Waals surface area contributed by atoms with Crippen LogP contribution in [0.5, 0.6) is 11.5 Å². The number of hydrogen-bond donors (Lipinski definition) is 3. The molecule has 30 heavy (non-hydrogen) atoms. The van der Waals surface area contributed by atoms with E-state index in [4.69, 9.17) is 25.4 Å². The van der Waals surface area contributed by atoms with Gasteiger partial charge in [0.2, 0.25) is 0 Å². The number of benzene rings is 2. The molecule has 0 aliphatic heterocycles. The molecule has 3 rings (SSSR count). The molecule has 0 unspecified atom stereocenters. The van der Waals surface area contributed by atoms with Gasteiger partial charge in [-0.1, -0.05) is 24.3 Å². The highest BCUT2D eigenvalue weighted by molar-refractivity contribution is 6.12. The molecule has 0 aliphatic carbocycles. The minimum atomic E-state index is -0.722. The first-order chi connectivity index (χ1) is 14.5. The second kappa shape index (κ2) is 9.38. The summed E-state index contributed by atoms with van der Waals surface area (Å²) in [6.45, 7) is 2.18. The van der Waals surface area contributed by atoms with Gasteiger partial charge in [0.25, 0.3) is 0 Å². The summed E-state index contributed by atoms with van der Waals surface area (Å²) in [7, 11) is 0. The summed E-state index contributed by atoms with van der Waals surface area (Å²) in [6, 6.07) is 8.41. The lowest BCUT2D eigenvalue weighted by Gasteiger charge is -2.13. The molecule has 0 atom stereocenters. The predicted octanol–water partition coefficient (Wildman–Crippen LogP) is 2.48. The van der Waals surface area contributed by atoms with Crippen LogP contribution in [0.15, 0.2) is 34.7 Å². The van der Waals surface area contributed by atoms with Crippen LogP contribution in [0.4, 0.5) is 4.79 Å². The number of esters is 1. The van der Waals surface area contributed by atoms with Crippen molar-refractivity contribution < 1.29 is 28.3 Å². The molecular formula is C21H23N3O6. The summed E-state index contributed by atoms with van der Waals surface area (Å²) >= 11 is 0. The quantitative estimate of drug-likeness (QED) is 0.290. The summed E-state index contributed by atoms with van der Waals surface area (Å²) in [5, 5.41) is 3.88. The van der Waals surface area contributed by atoms with Crippen molar-refractivity contribution in [2.45, 2.75) is 19.8 Å². The van der Waals surface area contributed by atoms with Crippen LogP contribution in [0, 0.1) is 0 Å². The van der Waals surface area contributed by atoms with Gasteiger partial charge < -0.3 is 30.7 Å². The lowest BCUT2D eigenvalue weighted by atomic mass is 10.0. The Morgan fingerprint density at radius 2 is 1.70 bits per heavy atom. The van der Waals surface area contributed by atoms with Crippen LogP contribution in [0.3, 0.4) is 0 Å². The van der Waals surface area contributed by atoms with Gasteiger partial charge in [0, 0.05) is 37.2 Å². The third-order valence-electron chi connectivity index (χ3n) is 4.36. The monoisotopic (exact) mass is 413 g/mol. The molecule has 0 spiro atoms. The zero-order valence-electron chi connectivity index (χ0n) is 16.5. The summed E-state index contributed by atoms with van der Waals surface area (Å²) in [6.07, 6.45) is -0.101. The zero-order chi connectivity index (χ0) is 21.7. The van der Waals surface area contributed by atoms with Crippen LogP contribution >= 0.6 is 0 Å². The van der Waals surface area contributed by atoms with Gasteiger partial charge in [-0.05, 0) is 19.0 Å². The van der Waals surface area contributed by atoms with E-state index in [2.05, 4.69) is 5.32 Å². The lowest BCUT2D eigenvalue weighted by molar-refractivity contribution is -0.134. The van der Waals surface area contributed by atoms with Crippen molar-refractivity contribution in [3.05, 3.63) is 36.1 Å². The maximum Gasteiger partial charge on any atom is 0.412 e. The van der Waals surface area contributed by atoms with Gasteiger partial charge in [0.05, 0.1) is 5.39 Å². The third kappa shape index (κ3) is 4.42. The van der Waals surface area contributed by atoms with E-state index in [1.54, 1.807) is 24.3 Å². The van der Waals surface area contributed by atoms with E-state index < -0.39 is 12.1 Å². The molecular weight excluding hydrogens is 390 g/mol. The molecule has 9 nitrogen and oxygen atoms in total. The molecule has 1 amide bonds. The Morgan fingerprint density at radius 1 is 1.00 bits per heavy atom. The Labute approximate surface area is 172 Å². The number of nitrogens with two attached hydrogens (primary N) is 2. The Hall–Kier alpha value is -3.43. The molecule has 0 bridgehead atoms. The number of hydrogen-bond acceptors (Lipinski definition) is 8. The molecule has 5 N–H and O–H groups in total. The van der Waals surface area contributed by atoms with Crippen molar-refractivity contribution in [2.75, 3.05) is 19.6 Å². The van der Waals surface area contributed by atoms with E-state index in [1.165, 1.54) is 13.0 Å². The minimum Gasteiger partial charge on any atom is -0.449 e. The molecule has 0 aliphatic rings. The largest absolute Gasteiger partial charge is 0.449 e. The summed E-state index contributed by atoms with van der Waals surface area (Å²) in [4.78, 5) is 36.4. The van der Waals surface area contributed by atoms with Crippen molar-refractivity contribution >= 4 is 39.6 Å². The van der Waals surface area contributed by atoms with Crippen LogP contribution in [-0.2, 0) is 4.79 Å². The first-order valence-electron chi connectivity index (χ1n) is 9.52. The summed E-state index contributed by atoms with van der Waals surface area (Å²) < 4.78 is 16.8. The Bertz CT molecular complexity index is 1030. The highest BCUT2D eigenvalue weighted by atomic mass is 16.6. The van der Waals surface area contributed by atoms with Crippen molar-refractivity contribution in [2.24, 2.45) is 11.5 Å². The van der Waals surface area contributed by atoms with Crippen molar-refractivity contribution in [1.82, 2.24) is 5.32 Å². The fourth-order valence-corrected chi connectivity index (χ4v) is 2.97. The second-order valence-corrected chi connectivity index (χ2v) is 6.58. The number of amides is 1. The van der Waals surface area contributed by atoms with Gasteiger partial charge in [-0.2, -0.15) is 0 Å². The van der Waals surface area contributed by atoms with E-state index in [1.807, 2.05) is 0 Å². The fourth-order valence-electron chi connectivity index (χ4n) is 2.97. The van der Waals surface area contributed by atoms with Crippen LogP contribution < -0.4 is 26.3 Å². The normalized spacial score (nSPS) is 10.9. The Morgan fingerprint density at radius 3 is 2.33 bits per heavy atom. The van der Waals surface area contributed by atoms with Crippen LogP contribution in [-0.4, -0.2) is 37.5 Å². The van der Waals surface area contributed by atoms with Crippen LogP contribution in [0.1, 0.15) is 30.3 Å². The lowest BCUT2D eigenvalue weighted by Crippen LogP contribution is -2.31. The molecule has 9 heteroatoms. The number of fused-ring (bicyclic) bond motifs is 2.